The van der Waals surface area contributed by atoms with Crippen molar-refractivity contribution >= 4 is 11.8 Å². The summed E-state index contributed by atoms with van der Waals surface area (Å²) < 4.78 is 10.6. The predicted molar refractivity (Wildman–Crippen MR) is 90.6 cm³/mol. The van der Waals surface area contributed by atoms with Gasteiger partial charge in [-0.05, 0) is 32.4 Å². The van der Waals surface area contributed by atoms with Gasteiger partial charge in [-0.15, -0.1) is 0 Å². The van der Waals surface area contributed by atoms with Crippen LogP contribution in [0.2, 0.25) is 0 Å². The number of nitrogens with one attached hydrogen (secondary N) is 1. The highest BCUT2D eigenvalue weighted by Crippen LogP contribution is 2.25. The van der Waals surface area contributed by atoms with Gasteiger partial charge in [0.15, 0.2) is 0 Å². The van der Waals surface area contributed by atoms with Gasteiger partial charge in [0.1, 0.15) is 5.60 Å². The number of rotatable bonds is 4. The third-order valence-electron chi connectivity index (χ3n) is 3.55. The first-order valence-corrected chi connectivity index (χ1v) is 8.01. The molecule has 0 radical (unpaired) electrons. The minimum Gasteiger partial charge on any atom is -0.444 e. The van der Waals surface area contributed by atoms with Crippen LogP contribution in [0.5, 0.6) is 0 Å². The molecule has 128 valence electrons. The zero-order valence-electron chi connectivity index (χ0n) is 14.2. The molecule has 1 amide bonds. The lowest BCUT2D eigenvalue weighted by atomic mass is 10.0. The Morgan fingerprint density at radius 3 is 2.65 bits per heavy atom. The molecule has 1 aromatic carbocycles. The second-order valence-electron chi connectivity index (χ2n) is 6.65. The summed E-state index contributed by atoms with van der Waals surface area (Å²) in [5.74, 6) is 0. The van der Waals surface area contributed by atoms with Gasteiger partial charge in [-0.25, -0.2) is 4.79 Å². The number of para-hydroxylation sites is 1. The highest BCUT2D eigenvalue weighted by atomic mass is 16.6. The van der Waals surface area contributed by atoms with Crippen molar-refractivity contribution in [1.82, 2.24) is 5.32 Å². The van der Waals surface area contributed by atoms with Crippen LogP contribution in [0.1, 0.15) is 32.4 Å². The maximum Gasteiger partial charge on any atom is 0.407 e. The van der Waals surface area contributed by atoms with Gasteiger partial charge in [-0.2, -0.15) is 0 Å². The maximum atomic E-state index is 11.8. The van der Waals surface area contributed by atoms with Crippen LogP contribution in [0.25, 0.3) is 0 Å². The van der Waals surface area contributed by atoms with Crippen molar-refractivity contribution < 1.29 is 14.3 Å². The fraction of sp³-hybridized carbons (Fsp3) is 0.588. The summed E-state index contributed by atoms with van der Waals surface area (Å²) >= 11 is 0. The predicted octanol–water partition coefficient (Wildman–Crippen LogP) is 2.05. The van der Waals surface area contributed by atoms with E-state index in [1.807, 2.05) is 39.0 Å². The number of hydrogen-bond acceptors (Lipinski definition) is 5. The number of anilines is 1. The van der Waals surface area contributed by atoms with Crippen LogP contribution < -0.4 is 16.0 Å². The lowest BCUT2D eigenvalue weighted by Crippen LogP contribution is -2.39. The van der Waals surface area contributed by atoms with Crippen molar-refractivity contribution in [1.29, 1.82) is 0 Å². The highest BCUT2D eigenvalue weighted by Gasteiger charge is 2.20. The van der Waals surface area contributed by atoms with Crippen molar-refractivity contribution in [2.24, 2.45) is 5.73 Å². The van der Waals surface area contributed by atoms with Gasteiger partial charge in [0.25, 0.3) is 0 Å². The summed E-state index contributed by atoms with van der Waals surface area (Å²) in [5, 5.41) is 2.74. The molecule has 1 aliphatic rings. The van der Waals surface area contributed by atoms with Crippen LogP contribution in [0.4, 0.5) is 10.5 Å². The molecule has 23 heavy (non-hydrogen) atoms. The Morgan fingerprint density at radius 1 is 1.35 bits per heavy atom. The van der Waals surface area contributed by atoms with Crippen LogP contribution >= 0.6 is 0 Å². The lowest BCUT2D eigenvalue weighted by Gasteiger charge is -2.32. The number of benzene rings is 1. The van der Waals surface area contributed by atoms with Crippen molar-refractivity contribution in [2.45, 2.75) is 32.4 Å². The van der Waals surface area contributed by atoms with E-state index in [1.54, 1.807) is 0 Å². The molecule has 1 saturated heterocycles. The molecule has 1 atom stereocenters. The van der Waals surface area contributed by atoms with Gasteiger partial charge in [-0.1, -0.05) is 18.2 Å². The molecule has 0 bridgehead atoms. The van der Waals surface area contributed by atoms with E-state index in [0.717, 1.165) is 37.6 Å². The molecule has 6 nitrogen and oxygen atoms in total. The molecule has 0 aliphatic carbocycles. The number of carbonyl (C=O) groups is 1. The Hall–Kier alpha value is -1.79. The third-order valence-corrected chi connectivity index (χ3v) is 3.55. The summed E-state index contributed by atoms with van der Waals surface area (Å²) in [5.41, 5.74) is 7.90. The normalized spacial score (nSPS) is 16.8. The van der Waals surface area contributed by atoms with E-state index in [-0.39, 0.29) is 6.04 Å². The second kappa shape index (κ2) is 7.66. The molecule has 0 aromatic heterocycles. The topological polar surface area (TPSA) is 76.8 Å². The summed E-state index contributed by atoms with van der Waals surface area (Å²) in [6.07, 6.45) is -0.447. The SMILES string of the molecule is CC(C)(C)OC(=O)NCC(N)c1ccccc1N1CCOCC1. The summed E-state index contributed by atoms with van der Waals surface area (Å²) in [4.78, 5) is 14.0. The summed E-state index contributed by atoms with van der Waals surface area (Å²) in [6.45, 7) is 8.98. The molecule has 6 heteroatoms. The van der Waals surface area contributed by atoms with Crippen LogP contribution in [0, 0.1) is 0 Å². The van der Waals surface area contributed by atoms with Gasteiger partial charge < -0.3 is 25.4 Å². The van der Waals surface area contributed by atoms with Gasteiger partial charge >= 0.3 is 6.09 Å². The monoisotopic (exact) mass is 321 g/mol. The Bertz CT molecular complexity index is 522. The Kier molecular flexibility index (Phi) is 5.85. The number of amides is 1. The van der Waals surface area contributed by atoms with Crippen molar-refractivity contribution in [3.63, 3.8) is 0 Å². The number of ether oxygens (including phenoxy) is 2. The smallest absolute Gasteiger partial charge is 0.407 e. The zero-order valence-corrected chi connectivity index (χ0v) is 14.2. The molecule has 1 heterocycles. The van der Waals surface area contributed by atoms with Crippen molar-refractivity contribution in [3.8, 4) is 0 Å². The van der Waals surface area contributed by atoms with E-state index in [4.69, 9.17) is 15.2 Å². The van der Waals surface area contributed by atoms with Gasteiger partial charge in [0, 0.05) is 31.4 Å². The Morgan fingerprint density at radius 2 is 2.00 bits per heavy atom. The van der Waals surface area contributed by atoms with Crippen LogP contribution in [-0.4, -0.2) is 44.5 Å². The number of alkyl carbamates (subject to hydrolysis) is 1. The largest absolute Gasteiger partial charge is 0.444 e. The van der Waals surface area contributed by atoms with E-state index >= 15 is 0 Å². The molecule has 2 rings (SSSR count). The maximum absolute atomic E-state index is 11.8. The van der Waals surface area contributed by atoms with Crippen molar-refractivity contribution in [3.05, 3.63) is 29.8 Å². The molecule has 3 N–H and O–H groups in total. The Balaban J connectivity index is 1.99. The van der Waals surface area contributed by atoms with E-state index in [2.05, 4.69) is 16.3 Å². The van der Waals surface area contributed by atoms with E-state index in [9.17, 15) is 4.79 Å². The molecule has 1 fully saturated rings. The fourth-order valence-electron chi connectivity index (χ4n) is 2.51. The molecule has 1 aromatic rings. The van der Waals surface area contributed by atoms with E-state index in [0.29, 0.717) is 6.54 Å². The lowest BCUT2D eigenvalue weighted by molar-refractivity contribution is 0.0524. The first kappa shape index (κ1) is 17.6. The first-order valence-electron chi connectivity index (χ1n) is 8.01. The van der Waals surface area contributed by atoms with Crippen LogP contribution in [-0.2, 0) is 9.47 Å². The fourth-order valence-corrected chi connectivity index (χ4v) is 2.51. The van der Waals surface area contributed by atoms with Gasteiger partial charge in [0.2, 0.25) is 0 Å². The summed E-state index contributed by atoms with van der Waals surface area (Å²) in [6, 6.07) is 7.75. The average molecular weight is 321 g/mol. The number of carbonyl (C=O) groups excluding carboxylic acids is 1. The molecular weight excluding hydrogens is 294 g/mol. The van der Waals surface area contributed by atoms with Crippen LogP contribution in [0.3, 0.4) is 0 Å². The zero-order chi connectivity index (χ0) is 16.9. The molecular formula is C17H27N3O3. The van der Waals surface area contributed by atoms with E-state index < -0.39 is 11.7 Å². The quantitative estimate of drug-likeness (QED) is 0.887. The first-order chi connectivity index (χ1) is 10.9. The molecule has 1 unspecified atom stereocenters. The second-order valence-corrected chi connectivity index (χ2v) is 6.65. The number of morpholine rings is 1. The third kappa shape index (κ3) is 5.41. The minimum atomic E-state index is -0.514. The summed E-state index contributed by atoms with van der Waals surface area (Å²) in [7, 11) is 0. The molecule has 0 spiro atoms. The highest BCUT2D eigenvalue weighted by molar-refractivity contribution is 5.68. The Labute approximate surface area is 137 Å². The van der Waals surface area contributed by atoms with Gasteiger partial charge in [0.05, 0.1) is 13.2 Å². The average Bonchev–Trinajstić information content (AvgIpc) is 2.52. The van der Waals surface area contributed by atoms with Crippen LogP contribution in [0.15, 0.2) is 24.3 Å². The van der Waals surface area contributed by atoms with E-state index in [1.165, 1.54) is 0 Å². The molecule has 1 aliphatic heterocycles. The molecule has 0 saturated carbocycles. The number of nitrogens with zero attached hydrogens (tertiary/aromatic N) is 1. The minimum absolute atomic E-state index is 0.290. The van der Waals surface area contributed by atoms with Gasteiger partial charge in [-0.3, -0.25) is 0 Å². The number of nitrogens with two attached hydrogens (primary N) is 1. The van der Waals surface area contributed by atoms with Crippen molar-refractivity contribution in [2.75, 3.05) is 37.7 Å². The number of hydrogen-bond donors (Lipinski definition) is 2. The standard InChI is InChI=1S/C17H27N3O3/c1-17(2,3)23-16(21)19-12-14(18)13-6-4-5-7-15(13)20-8-10-22-11-9-20/h4-7,14H,8-12,18H2,1-3H3,(H,19,21).